The van der Waals surface area contributed by atoms with E-state index in [-0.39, 0.29) is 0 Å². The molecule has 1 N–H and O–H groups in total. The Hall–Kier alpha value is -0.0400. The first-order valence-electron chi connectivity index (χ1n) is 8.15. The predicted molar refractivity (Wildman–Crippen MR) is 81.8 cm³/mol. The second kappa shape index (κ2) is 6.93. The minimum absolute atomic E-state index is 0.552. The molecule has 0 bridgehead atoms. The summed E-state index contributed by atoms with van der Waals surface area (Å²) in [6, 6.07) is 0.737. The molecule has 0 heterocycles. The highest BCUT2D eigenvalue weighted by atomic mass is 14.9. The van der Waals surface area contributed by atoms with Crippen LogP contribution in [0, 0.1) is 23.2 Å². The van der Waals surface area contributed by atoms with Crippen LogP contribution in [0.5, 0.6) is 0 Å². The molecule has 1 aliphatic rings. The second-order valence-electron chi connectivity index (χ2n) is 7.28. The molecule has 0 saturated heterocycles. The van der Waals surface area contributed by atoms with E-state index < -0.39 is 0 Å². The number of nitrogens with one attached hydrogen (secondary N) is 1. The molecule has 0 aromatic carbocycles. The van der Waals surface area contributed by atoms with Gasteiger partial charge in [0.15, 0.2) is 0 Å². The molecule has 108 valence electrons. The smallest absolute Gasteiger partial charge is 0.0118 e. The Morgan fingerprint density at radius 2 is 1.61 bits per heavy atom. The molecule has 0 aliphatic heterocycles. The Morgan fingerprint density at radius 3 is 2.00 bits per heavy atom. The summed E-state index contributed by atoms with van der Waals surface area (Å²) in [6.07, 6.45) is 7.08. The third-order valence-electron chi connectivity index (χ3n) is 5.45. The van der Waals surface area contributed by atoms with Crippen LogP contribution in [0.4, 0.5) is 0 Å². The molecule has 1 unspecified atom stereocenters. The number of rotatable bonds is 6. The minimum atomic E-state index is 0.552. The van der Waals surface area contributed by atoms with Crippen LogP contribution in [0.1, 0.15) is 73.6 Å². The van der Waals surface area contributed by atoms with Crippen molar-refractivity contribution in [3.05, 3.63) is 0 Å². The predicted octanol–water partition coefficient (Wildman–Crippen LogP) is 4.86. The molecule has 1 atom stereocenters. The highest BCUT2D eigenvalue weighted by Crippen LogP contribution is 2.43. The Bertz CT molecular complexity index is 224. The average Bonchev–Trinajstić information content (AvgIpc) is 2.36. The molecule has 0 amide bonds. The molecule has 1 rings (SSSR count). The van der Waals surface area contributed by atoms with Crippen molar-refractivity contribution in [1.82, 2.24) is 5.32 Å². The Morgan fingerprint density at radius 1 is 1.06 bits per heavy atom. The van der Waals surface area contributed by atoms with Crippen LogP contribution in [-0.4, -0.2) is 12.6 Å². The molecule has 18 heavy (non-hydrogen) atoms. The van der Waals surface area contributed by atoms with E-state index in [1.807, 2.05) is 0 Å². The van der Waals surface area contributed by atoms with E-state index in [9.17, 15) is 0 Å². The fourth-order valence-electron chi connectivity index (χ4n) is 3.73. The molecule has 0 radical (unpaired) electrons. The lowest BCUT2D eigenvalue weighted by Crippen LogP contribution is -2.42. The van der Waals surface area contributed by atoms with Crippen molar-refractivity contribution in [1.29, 1.82) is 0 Å². The third-order valence-corrected chi connectivity index (χ3v) is 5.45. The van der Waals surface area contributed by atoms with Gasteiger partial charge in [0.2, 0.25) is 0 Å². The summed E-state index contributed by atoms with van der Waals surface area (Å²) in [5.74, 6) is 2.63. The summed E-state index contributed by atoms with van der Waals surface area (Å²) >= 11 is 0. The molecule has 1 saturated carbocycles. The third kappa shape index (κ3) is 3.98. The average molecular weight is 253 g/mol. The normalized spacial score (nSPS) is 27.5. The molecule has 1 nitrogen and oxygen atoms in total. The van der Waals surface area contributed by atoms with E-state index >= 15 is 0 Å². The van der Waals surface area contributed by atoms with Crippen LogP contribution in [0.25, 0.3) is 0 Å². The van der Waals surface area contributed by atoms with Crippen molar-refractivity contribution < 1.29 is 0 Å². The van der Waals surface area contributed by atoms with Crippen LogP contribution >= 0.6 is 0 Å². The fourth-order valence-corrected chi connectivity index (χ4v) is 3.73. The van der Waals surface area contributed by atoms with E-state index in [0.717, 1.165) is 30.3 Å². The first kappa shape index (κ1) is 16.0. The highest BCUT2D eigenvalue weighted by Gasteiger charge is 2.34. The van der Waals surface area contributed by atoms with Gasteiger partial charge in [0.05, 0.1) is 0 Å². The minimum Gasteiger partial charge on any atom is -0.314 e. The van der Waals surface area contributed by atoms with Gasteiger partial charge in [0.25, 0.3) is 0 Å². The standard InChI is InChI=1S/C17H35N/c1-7-17(5,6)15-11-9-14(10-12-15)16(13(3)4)18-8-2/h13-16,18H,7-12H2,1-6H3. The van der Waals surface area contributed by atoms with Gasteiger partial charge in [-0.3, -0.25) is 0 Å². The van der Waals surface area contributed by atoms with E-state index in [0.29, 0.717) is 5.41 Å². The van der Waals surface area contributed by atoms with Gasteiger partial charge in [-0.2, -0.15) is 0 Å². The van der Waals surface area contributed by atoms with Crippen LogP contribution in [0.2, 0.25) is 0 Å². The SMILES string of the molecule is CCNC(C(C)C)C1CCC(C(C)(C)CC)CC1. The van der Waals surface area contributed by atoms with Gasteiger partial charge in [0.1, 0.15) is 0 Å². The molecule has 0 aromatic rings. The summed E-state index contributed by atoms with van der Waals surface area (Å²) in [7, 11) is 0. The molecule has 1 heteroatoms. The van der Waals surface area contributed by atoms with Crippen LogP contribution in [0.3, 0.4) is 0 Å². The zero-order valence-corrected chi connectivity index (χ0v) is 13.6. The van der Waals surface area contributed by atoms with Gasteiger partial charge in [-0.15, -0.1) is 0 Å². The second-order valence-corrected chi connectivity index (χ2v) is 7.28. The first-order valence-corrected chi connectivity index (χ1v) is 8.15. The van der Waals surface area contributed by atoms with Gasteiger partial charge >= 0.3 is 0 Å². The van der Waals surface area contributed by atoms with Crippen LogP contribution in [0.15, 0.2) is 0 Å². The van der Waals surface area contributed by atoms with Gasteiger partial charge in [-0.25, -0.2) is 0 Å². The monoisotopic (exact) mass is 253 g/mol. The van der Waals surface area contributed by atoms with Crippen molar-refractivity contribution in [3.8, 4) is 0 Å². The largest absolute Gasteiger partial charge is 0.314 e. The molecular weight excluding hydrogens is 218 g/mol. The number of hydrogen-bond donors (Lipinski definition) is 1. The zero-order chi connectivity index (χ0) is 13.8. The lowest BCUT2D eigenvalue weighted by molar-refractivity contribution is 0.106. The topological polar surface area (TPSA) is 12.0 Å². The summed E-state index contributed by atoms with van der Waals surface area (Å²) in [4.78, 5) is 0. The number of hydrogen-bond acceptors (Lipinski definition) is 1. The summed E-state index contributed by atoms with van der Waals surface area (Å²) < 4.78 is 0. The molecule has 1 aliphatic carbocycles. The molecule has 0 aromatic heterocycles. The maximum atomic E-state index is 3.72. The van der Waals surface area contributed by atoms with Crippen molar-refractivity contribution in [2.75, 3.05) is 6.54 Å². The first-order chi connectivity index (χ1) is 8.42. The maximum Gasteiger partial charge on any atom is 0.0118 e. The summed E-state index contributed by atoms with van der Waals surface area (Å²) in [6.45, 7) is 15.4. The summed E-state index contributed by atoms with van der Waals surface area (Å²) in [5.41, 5.74) is 0.552. The van der Waals surface area contributed by atoms with Gasteiger partial charge in [-0.1, -0.05) is 48.0 Å². The van der Waals surface area contributed by atoms with Crippen LogP contribution < -0.4 is 5.32 Å². The summed E-state index contributed by atoms with van der Waals surface area (Å²) in [5, 5.41) is 3.72. The Kier molecular flexibility index (Phi) is 6.17. The fraction of sp³-hybridized carbons (Fsp3) is 1.00. The van der Waals surface area contributed by atoms with Crippen molar-refractivity contribution in [2.24, 2.45) is 23.2 Å². The Labute approximate surface area is 115 Å². The Balaban J connectivity index is 2.52. The van der Waals surface area contributed by atoms with E-state index in [2.05, 4.69) is 46.9 Å². The molecule has 1 fully saturated rings. The molecule has 0 spiro atoms. The van der Waals surface area contributed by atoms with Gasteiger partial charge in [0, 0.05) is 6.04 Å². The zero-order valence-electron chi connectivity index (χ0n) is 13.6. The highest BCUT2D eigenvalue weighted by molar-refractivity contribution is 4.87. The quantitative estimate of drug-likeness (QED) is 0.712. The molecular formula is C17H35N. The van der Waals surface area contributed by atoms with Crippen LogP contribution in [-0.2, 0) is 0 Å². The van der Waals surface area contributed by atoms with Crippen molar-refractivity contribution in [3.63, 3.8) is 0 Å². The maximum absolute atomic E-state index is 3.72. The van der Waals surface area contributed by atoms with Gasteiger partial charge < -0.3 is 5.32 Å². The lowest BCUT2D eigenvalue weighted by Gasteiger charge is -2.42. The van der Waals surface area contributed by atoms with E-state index in [1.54, 1.807) is 0 Å². The van der Waals surface area contributed by atoms with Crippen molar-refractivity contribution >= 4 is 0 Å². The van der Waals surface area contributed by atoms with E-state index in [4.69, 9.17) is 0 Å². The lowest BCUT2D eigenvalue weighted by atomic mass is 9.66. The van der Waals surface area contributed by atoms with Gasteiger partial charge in [-0.05, 0) is 55.4 Å². The van der Waals surface area contributed by atoms with E-state index in [1.165, 1.54) is 32.1 Å². The van der Waals surface area contributed by atoms with Crippen molar-refractivity contribution in [2.45, 2.75) is 79.7 Å².